The molecular weight excluding hydrogens is 792 g/mol. The predicted molar refractivity (Wildman–Crippen MR) is 179 cm³/mol. The molecule has 8 nitrogen and oxygen atoms in total. The van der Waals surface area contributed by atoms with E-state index in [1.165, 1.54) is 5.56 Å². The Balaban J connectivity index is 0.000000705. The quantitative estimate of drug-likeness (QED) is 0.0689. The van der Waals surface area contributed by atoms with E-state index < -0.39 is 7.25 Å². The van der Waals surface area contributed by atoms with Crippen LogP contribution in [-0.2, 0) is 25.7 Å². The van der Waals surface area contributed by atoms with Crippen LogP contribution in [0.5, 0.6) is 0 Å². The van der Waals surface area contributed by atoms with Crippen molar-refractivity contribution in [2.24, 2.45) is 5.73 Å². The van der Waals surface area contributed by atoms with Gasteiger partial charge in [0.1, 0.15) is 0 Å². The largest absolute Gasteiger partial charge is 2.00 e. The van der Waals surface area contributed by atoms with Crippen LogP contribution in [0, 0.1) is 60.0 Å². The van der Waals surface area contributed by atoms with Crippen molar-refractivity contribution >= 4 is 14.4 Å². The van der Waals surface area contributed by atoms with E-state index in [2.05, 4.69) is 72.8 Å². The van der Waals surface area contributed by atoms with E-state index in [0.29, 0.717) is 0 Å². The molecule has 0 amide bonds. The summed E-state index contributed by atoms with van der Waals surface area (Å²) in [5.74, 6) is 5.79. The average Bonchev–Trinajstić information content (AvgIpc) is 3.65. The molecule has 0 saturated heterocycles. The minimum atomic E-state index is -6.00. The van der Waals surface area contributed by atoms with Crippen molar-refractivity contribution in [3.8, 4) is 11.8 Å². The summed E-state index contributed by atoms with van der Waals surface area (Å²) >= 11 is 0. The SMILES string of the molecule is CC#Cc1ccccc1.C[C@H](N)c1ccccc1.Cc1cc(C)n([B-](n2nc(C)cc2C)n2nc(C)cc2C)n1.F[B-](F)(F)F.[C-]#[O+].[W+2]. The Morgan fingerprint density at radius 2 is 1.02 bits per heavy atom. The molecule has 2 aromatic carbocycles. The smallest absolute Gasteiger partial charge is 2.00 e. The fraction of sp³-hybridized carbons (Fsp3) is 0.273. The summed E-state index contributed by atoms with van der Waals surface area (Å²) in [6, 6.07) is 26.4. The molecule has 0 spiro atoms. The third-order valence-corrected chi connectivity index (χ3v) is 6.16. The molecule has 253 valence electrons. The van der Waals surface area contributed by atoms with Crippen LogP contribution >= 0.6 is 0 Å². The van der Waals surface area contributed by atoms with E-state index in [0.717, 1.165) is 39.7 Å². The van der Waals surface area contributed by atoms with Crippen LogP contribution in [0.25, 0.3) is 0 Å². The number of hydrogen-bond acceptors (Lipinski definition) is 4. The second kappa shape index (κ2) is 21.7. The third-order valence-electron chi connectivity index (χ3n) is 6.16. The van der Waals surface area contributed by atoms with Crippen LogP contribution in [0.4, 0.5) is 17.3 Å². The van der Waals surface area contributed by atoms with Gasteiger partial charge in [0, 0.05) is 11.6 Å². The van der Waals surface area contributed by atoms with Crippen molar-refractivity contribution in [1.29, 1.82) is 0 Å². The van der Waals surface area contributed by atoms with Crippen molar-refractivity contribution in [3.05, 3.63) is 131 Å². The topological polar surface area (TPSA) is 99.4 Å². The average molecular weight is 832 g/mol. The first-order valence-corrected chi connectivity index (χ1v) is 14.5. The summed E-state index contributed by atoms with van der Waals surface area (Å²) in [5, 5.41) is 14.0. The molecule has 0 aliphatic carbocycles. The van der Waals surface area contributed by atoms with Crippen molar-refractivity contribution < 1.29 is 43.0 Å². The second-order valence-corrected chi connectivity index (χ2v) is 10.4. The molecule has 1 radical (unpaired) electrons. The van der Waals surface area contributed by atoms with Crippen molar-refractivity contribution in [1.82, 2.24) is 29.1 Å². The number of nitrogens with two attached hydrogens (primary N) is 1. The van der Waals surface area contributed by atoms with Crippen LogP contribution < -0.4 is 5.73 Å². The molecule has 5 aromatic rings. The molecule has 0 bridgehead atoms. The first-order chi connectivity index (χ1) is 22.1. The predicted octanol–water partition coefficient (Wildman–Crippen LogP) is 7.08. The number of aryl methyl sites for hydroxylation is 6. The van der Waals surface area contributed by atoms with Gasteiger partial charge in [-0.3, -0.25) is 0 Å². The van der Waals surface area contributed by atoms with Crippen molar-refractivity contribution in [2.45, 2.75) is 61.4 Å². The summed E-state index contributed by atoms with van der Waals surface area (Å²) in [4.78, 5) is 0. The van der Waals surface area contributed by atoms with Crippen LogP contribution in [0.15, 0.2) is 78.9 Å². The van der Waals surface area contributed by atoms with E-state index in [9.17, 15) is 17.3 Å². The summed E-state index contributed by atoms with van der Waals surface area (Å²) < 4.78 is 52.4. The van der Waals surface area contributed by atoms with Gasteiger partial charge in [0.2, 0.25) is 0 Å². The number of aromatic nitrogens is 6. The molecule has 3 heterocycles. The maximum atomic E-state index is 9.75. The fourth-order valence-electron chi connectivity index (χ4n) is 4.37. The fourth-order valence-corrected chi connectivity index (χ4v) is 4.37. The van der Waals surface area contributed by atoms with E-state index in [1.807, 2.05) is 109 Å². The maximum absolute atomic E-state index is 9.75. The summed E-state index contributed by atoms with van der Waals surface area (Å²) in [6.07, 6.45) is 0. The van der Waals surface area contributed by atoms with Crippen LogP contribution in [0.1, 0.15) is 65.2 Å². The molecule has 0 saturated carbocycles. The first-order valence-electron chi connectivity index (χ1n) is 14.5. The van der Waals surface area contributed by atoms with Crippen LogP contribution in [0.3, 0.4) is 0 Å². The summed E-state index contributed by atoms with van der Waals surface area (Å²) in [5.41, 5.74) is 14.1. The van der Waals surface area contributed by atoms with Crippen LogP contribution in [-0.4, -0.2) is 43.4 Å². The monoisotopic (exact) mass is 832 g/mol. The Kier molecular flexibility index (Phi) is 19.8. The number of halogens is 4. The van der Waals surface area contributed by atoms with Gasteiger partial charge in [0.15, 0.2) is 0 Å². The van der Waals surface area contributed by atoms with Gasteiger partial charge in [0.05, 0.1) is 17.1 Å². The Hall–Kier alpha value is -4.13. The number of rotatable bonds is 4. The van der Waals surface area contributed by atoms with Crippen molar-refractivity contribution in [2.75, 3.05) is 0 Å². The van der Waals surface area contributed by atoms with Gasteiger partial charge in [-0.15, -0.1) is 5.92 Å². The first kappa shape index (κ1) is 43.9. The van der Waals surface area contributed by atoms with Gasteiger partial charge in [-0.25, -0.2) is 15.3 Å². The third kappa shape index (κ3) is 15.6. The second-order valence-electron chi connectivity index (χ2n) is 10.4. The van der Waals surface area contributed by atoms with E-state index in [4.69, 9.17) is 10.4 Å². The molecule has 5 rings (SSSR count). The molecule has 3 aromatic heterocycles. The zero-order valence-electron chi connectivity index (χ0n) is 28.3. The Morgan fingerprint density at radius 3 is 1.25 bits per heavy atom. The molecule has 0 fully saturated rings. The van der Waals surface area contributed by atoms with Gasteiger partial charge in [0.25, 0.3) is 7.12 Å². The minimum Gasteiger partial charge on any atom is 2.00 e. The van der Waals surface area contributed by atoms with E-state index in [-0.39, 0.29) is 34.2 Å². The van der Waals surface area contributed by atoms with Crippen LogP contribution in [0.2, 0.25) is 0 Å². The van der Waals surface area contributed by atoms with Gasteiger partial charge in [-0.2, -0.15) is 0 Å². The van der Waals surface area contributed by atoms with Gasteiger partial charge in [-0.05, 0) is 108 Å². The standard InChI is InChI=1S/C15H21BN6.C9H8.C8H11N.CO.BF4.W/c1-10-7-13(4)20(17-10)16(21-14(5)8-11(2)18-21)22-15(6)9-12(3)19-22;1-2-6-9-7-4-3-5-8-9;1-7(9)8-5-3-2-4-6-8;1-2;2-1(3,4)5;/h7-9H,1-6H3;3-5,7-8H,1H3;2-7H,9H2,1H3;;;/q-1;;;;-1;+2/t;;7-;;;/m..0.../s1. The summed E-state index contributed by atoms with van der Waals surface area (Å²) in [7, 11) is -6.23. The number of benzene rings is 2. The molecule has 1 atom stereocenters. The molecule has 2 N–H and O–H groups in total. The Morgan fingerprint density at radius 1 is 0.708 bits per heavy atom. The molecule has 48 heavy (non-hydrogen) atoms. The Bertz CT molecular complexity index is 1610. The van der Waals surface area contributed by atoms with Gasteiger partial charge >= 0.3 is 39.6 Å². The van der Waals surface area contributed by atoms with E-state index in [1.54, 1.807) is 0 Å². The molecule has 0 aliphatic rings. The van der Waals surface area contributed by atoms with E-state index >= 15 is 0 Å². The van der Waals surface area contributed by atoms with Crippen molar-refractivity contribution in [3.63, 3.8) is 0 Å². The number of nitrogens with zero attached hydrogens (tertiary/aromatic N) is 6. The molecule has 0 aliphatic heterocycles. The Labute approximate surface area is 295 Å². The molecule has 0 unspecified atom stereocenters. The normalized spacial score (nSPS) is 10.5. The molecular formula is C33H40B2F4N7OW. The molecule has 15 heteroatoms. The maximum Gasteiger partial charge on any atom is 2.00 e. The zero-order chi connectivity index (χ0) is 35.7. The number of hydrogen-bond donors (Lipinski definition) is 1. The summed E-state index contributed by atoms with van der Waals surface area (Å²) in [6.45, 7) is 20.5. The van der Waals surface area contributed by atoms with Gasteiger partial charge < -0.3 is 36.8 Å². The minimum absolute atomic E-state index is 0. The zero-order valence-corrected chi connectivity index (χ0v) is 31.3. The van der Waals surface area contributed by atoms with Gasteiger partial charge in [-0.1, -0.05) is 54.5 Å².